The van der Waals surface area contributed by atoms with Gasteiger partial charge in [-0.05, 0) is 64.1 Å². The fourth-order valence-corrected chi connectivity index (χ4v) is 4.82. The lowest BCUT2D eigenvalue weighted by Crippen LogP contribution is -2.52. The van der Waals surface area contributed by atoms with Crippen molar-refractivity contribution in [3.8, 4) is 11.5 Å². The smallest absolute Gasteiger partial charge is 0.336 e. The van der Waals surface area contributed by atoms with Gasteiger partial charge in [0.1, 0.15) is 25.4 Å². The minimum Gasteiger partial charge on any atom is -0.483 e. The lowest BCUT2D eigenvalue weighted by atomic mass is 9.97. The van der Waals surface area contributed by atoms with E-state index in [1.807, 2.05) is 6.07 Å². The highest BCUT2D eigenvalue weighted by molar-refractivity contribution is 6.00. The van der Waals surface area contributed by atoms with Gasteiger partial charge in [-0.2, -0.15) is 0 Å². The van der Waals surface area contributed by atoms with E-state index in [-0.39, 0.29) is 35.9 Å². The van der Waals surface area contributed by atoms with Crippen LogP contribution in [0.1, 0.15) is 27.7 Å². The second kappa shape index (κ2) is 10.6. The van der Waals surface area contributed by atoms with Crippen LogP contribution in [-0.4, -0.2) is 46.8 Å². The fraction of sp³-hybridized carbons (Fsp3) is 0.312. The van der Waals surface area contributed by atoms with Gasteiger partial charge in [-0.15, -0.1) is 0 Å². The molecule has 0 radical (unpaired) electrons. The number of aliphatic hydroxyl groups excluding tert-OH is 1. The molecule has 0 amide bonds. The van der Waals surface area contributed by atoms with Crippen molar-refractivity contribution in [3.63, 3.8) is 0 Å². The third-order valence-electron chi connectivity index (χ3n) is 7.37. The van der Waals surface area contributed by atoms with E-state index in [0.717, 1.165) is 10.8 Å². The predicted molar refractivity (Wildman–Crippen MR) is 157 cm³/mol. The second-order valence-corrected chi connectivity index (χ2v) is 11.4. The summed E-state index contributed by atoms with van der Waals surface area (Å²) in [5.74, 6) is 0.363. The zero-order valence-corrected chi connectivity index (χ0v) is 23.9. The summed E-state index contributed by atoms with van der Waals surface area (Å²) in [5, 5.41) is 24.9. The summed E-state index contributed by atoms with van der Waals surface area (Å²) in [7, 11) is 0. The van der Waals surface area contributed by atoms with Gasteiger partial charge in [0.15, 0.2) is 22.3 Å². The van der Waals surface area contributed by atoms with E-state index in [4.69, 9.17) is 31.9 Å². The number of hydrogen-bond acceptors (Lipinski definition) is 11. The van der Waals surface area contributed by atoms with Crippen LogP contribution >= 0.6 is 0 Å². The molecule has 11 heteroatoms. The zero-order valence-electron chi connectivity index (χ0n) is 23.9. The number of benzene rings is 2. The first kappa shape index (κ1) is 28.5. The van der Waals surface area contributed by atoms with E-state index in [1.165, 1.54) is 24.7 Å². The highest BCUT2D eigenvalue weighted by atomic mass is 16.6. The van der Waals surface area contributed by atoms with Gasteiger partial charge in [-0.1, -0.05) is 0 Å². The first-order valence-corrected chi connectivity index (χ1v) is 13.6. The van der Waals surface area contributed by atoms with Crippen molar-refractivity contribution < 1.29 is 42.1 Å². The molecule has 11 nitrogen and oxygen atoms in total. The van der Waals surface area contributed by atoms with Gasteiger partial charge in [0.2, 0.25) is 11.5 Å². The van der Waals surface area contributed by atoms with E-state index < -0.39 is 34.7 Å². The molecule has 0 saturated heterocycles. The maximum atomic E-state index is 12.0. The molecule has 0 spiro atoms. The minimum atomic E-state index is -1.43. The van der Waals surface area contributed by atoms with Crippen LogP contribution in [0.5, 0.6) is 11.5 Å². The second-order valence-electron chi connectivity index (χ2n) is 11.4. The zero-order chi connectivity index (χ0) is 30.5. The molecule has 0 aliphatic carbocycles. The summed E-state index contributed by atoms with van der Waals surface area (Å²) in [6, 6.07) is 13.0. The summed E-state index contributed by atoms with van der Waals surface area (Å²) in [4.78, 5) is 23.9. The summed E-state index contributed by atoms with van der Waals surface area (Å²) < 4.78 is 40.4. The number of aliphatic hydroxyl groups is 2. The molecule has 6 aromatic rings. The number of furan rings is 2. The minimum absolute atomic E-state index is 0.173. The Morgan fingerprint density at radius 2 is 1.16 bits per heavy atom. The fourth-order valence-electron chi connectivity index (χ4n) is 4.82. The molecule has 0 unspecified atom stereocenters. The summed E-state index contributed by atoms with van der Waals surface area (Å²) in [5.41, 5.74) is -2.69. The molecule has 0 saturated carbocycles. The van der Waals surface area contributed by atoms with Gasteiger partial charge in [0.05, 0.1) is 23.7 Å². The number of rotatable bonds is 10. The maximum Gasteiger partial charge on any atom is 0.336 e. The van der Waals surface area contributed by atoms with Gasteiger partial charge >= 0.3 is 11.3 Å². The molecule has 6 rings (SSSR count). The molecular weight excluding hydrogens is 560 g/mol. The van der Waals surface area contributed by atoms with E-state index in [2.05, 4.69) is 0 Å². The molecule has 2 atom stereocenters. The standard InChI is InChI=1S/C32H30O11/c1-31(2,36)22(16-40-30-26-20(10-12-38-26)14-18-6-8-24(35)42-28(18)30)43-32(3,4)21(33)15-39-29-25-19(9-11-37-25)13-17-5-7-23(34)41-27(17)29/h5-14,21-22,33,36H,15-16H2,1-4H3/t21-,22-/m1/s1. The Labute approximate surface area is 243 Å². The van der Waals surface area contributed by atoms with E-state index in [9.17, 15) is 19.8 Å². The lowest BCUT2D eigenvalue weighted by Gasteiger charge is -2.39. The van der Waals surface area contributed by atoms with Crippen LogP contribution in [0, 0.1) is 0 Å². The van der Waals surface area contributed by atoms with Crippen LogP contribution in [0.3, 0.4) is 0 Å². The van der Waals surface area contributed by atoms with Crippen molar-refractivity contribution in [1.29, 1.82) is 0 Å². The molecular formula is C32H30O11. The van der Waals surface area contributed by atoms with E-state index >= 15 is 0 Å². The first-order chi connectivity index (χ1) is 20.4. The van der Waals surface area contributed by atoms with Crippen molar-refractivity contribution in [1.82, 2.24) is 0 Å². The molecule has 0 aliphatic rings. The van der Waals surface area contributed by atoms with Crippen LogP contribution < -0.4 is 20.7 Å². The van der Waals surface area contributed by atoms with E-state index in [1.54, 1.807) is 58.0 Å². The average Bonchev–Trinajstić information content (AvgIpc) is 3.61. The Morgan fingerprint density at radius 1 is 0.698 bits per heavy atom. The summed E-state index contributed by atoms with van der Waals surface area (Å²) in [6.07, 6.45) is 0.791. The van der Waals surface area contributed by atoms with Crippen molar-refractivity contribution in [2.45, 2.75) is 51.1 Å². The normalized spacial score (nSPS) is 14.1. The largest absolute Gasteiger partial charge is 0.483 e. The van der Waals surface area contributed by atoms with Crippen molar-refractivity contribution >= 4 is 43.9 Å². The number of hydrogen-bond donors (Lipinski definition) is 2. The Kier molecular flexibility index (Phi) is 7.04. The van der Waals surface area contributed by atoms with Gasteiger partial charge in [-0.3, -0.25) is 0 Å². The first-order valence-electron chi connectivity index (χ1n) is 13.6. The van der Waals surface area contributed by atoms with Gasteiger partial charge in [0, 0.05) is 33.7 Å². The van der Waals surface area contributed by atoms with Crippen molar-refractivity contribution in [2.75, 3.05) is 13.2 Å². The molecule has 0 bridgehead atoms. The Balaban J connectivity index is 1.24. The van der Waals surface area contributed by atoms with Gasteiger partial charge in [0.25, 0.3) is 0 Å². The molecule has 0 fully saturated rings. The van der Waals surface area contributed by atoms with Crippen LogP contribution in [0.2, 0.25) is 0 Å². The molecule has 2 N–H and O–H groups in total. The Hall–Kier alpha value is -4.58. The maximum absolute atomic E-state index is 12.0. The van der Waals surface area contributed by atoms with Gasteiger partial charge < -0.3 is 42.1 Å². The molecule has 2 aromatic carbocycles. The molecule has 4 heterocycles. The monoisotopic (exact) mass is 590 g/mol. The lowest BCUT2D eigenvalue weighted by molar-refractivity contribution is -0.197. The Morgan fingerprint density at radius 3 is 1.65 bits per heavy atom. The van der Waals surface area contributed by atoms with Crippen LogP contribution in [-0.2, 0) is 4.74 Å². The third kappa shape index (κ3) is 5.50. The SMILES string of the molecule is CC(C)(O)[C@@H](COc1c2occc2cc2ccc(=O)oc12)OC(C)(C)[C@H](O)COc1c2occc2cc2ccc(=O)oc12. The quantitative estimate of drug-likeness (QED) is 0.204. The molecule has 43 heavy (non-hydrogen) atoms. The number of fused-ring (bicyclic) bond motifs is 4. The third-order valence-corrected chi connectivity index (χ3v) is 7.37. The van der Waals surface area contributed by atoms with Crippen LogP contribution in [0.25, 0.3) is 43.9 Å². The van der Waals surface area contributed by atoms with Crippen molar-refractivity contribution in [3.05, 3.63) is 81.9 Å². The molecule has 224 valence electrons. The van der Waals surface area contributed by atoms with Crippen LogP contribution in [0.4, 0.5) is 0 Å². The molecule has 4 aromatic heterocycles. The van der Waals surface area contributed by atoms with E-state index in [0.29, 0.717) is 21.9 Å². The predicted octanol–water partition coefficient (Wildman–Crippen LogP) is 5.15. The Bertz CT molecular complexity index is 2050. The van der Waals surface area contributed by atoms with Gasteiger partial charge in [-0.25, -0.2) is 9.59 Å². The highest BCUT2D eigenvalue weighted by Crippen LogP contribution is 2.37. The summed E-state index contributed by atoms with van der Waals surface area (Å²) in [6.45, 7) is 5.95. The van der Waals surface area contributed by atoms with Crippen molar-refractivity contribution in [2.24, 2.45) is 0 Å². The topological polar surface area (TPSA) is 155 Å². The number of ether oxygens (including phenoxy) is 3. The average molecular weight is 591 g/mol. The van der Waals surface area contributed by atoms with Crippen LogP contribution in [0.15, 0.2) is 88.3 Å². The summed E-state index contributed by atoms with van der Waals surface area (Å²) >= 11 is 0. The highest BCUT2D eigenvalue weighted by Gasteiger charge is 2.39. The molecule has 0 aliphatic heterocycles.